The summed E-state index contributed by atoms with van der Waals surface area (Å²) in [5.41, 5.74) is 4.23. The summed E-state index contributed by atoms with van der Waals surface area (Å²) in [6, 6.07) is 11.9. The fraction of sp³-hybridized carbons (Fsp3) is 0.154. The lowest BCUT2D eigenvalue weighted by atomic mass is 10.2. The van der Waals surface area contributed by atoms with E-state index in [-0.39, 0.29) is 0 Å². The first-order valence-corrected chi connectivity index (χ1v) is 5.18. The van der Waals surface area contributed by atoms with Crippen LogP contribution in [0.25, 0.3) is 5.69 Å². The third-order valence-electron chi connectivity index (χ3n) is 2.60. The van der Waals surface area contributed by atoms with Crippen LogP contribution in [-0.4, -0.2) is 11.0 Å². The van der Waals surface area contributed by atoms with Crippen molar-refractivity contribution in [2.75, 3.05) is 5.32 Å². The van der Waals surface area contributed by atoms with Crippen molar-refractivity contribution in [2.24, 2.45) is 0 Å². The second kappa shape index (κ2) is 4.23. The molecule has 2 aromatic rings. The van der Waals surface area contributed by atoms with E-state index in [0.29, 0.717) is 6.41 Å². The quantitative estimate of drug-likeness (QED) is 0.783. The molecule has 82 valence electrons. The van der Waals surface area contributed by atoms with Gasteiger partial charge in [-0.1, -0.05) is 6.07 Å². The van der Waals surface area contributed by atoms with Gasteiger partial charge in [-0.15, -0.1) is 0 Å². The summed E-state index contributed by atoms with van der Waals surface area (Å²) in [7, 11) is 0. The number of hydrogen-bond donors (Lipinski definition) is 1. The molecule has 0 unspecified atom stereocenters. The molecule has 0 atom stereocenters. The van der Waals surface area contributed by atoms with E-state index in [0.717, 1.165) is 11.4 Å². The van der Waals surface area contributed by atoms with Crippen LogP contribution >= 0.6 is 0 Å². The average Bonchev–Trinajstić information content (AvgIpc) is 2.59. The van der Waals surface area contributed by atoms with Crippen molar-refractivity contribution in [1.29, 1.82) is 0 Å². The van der Waals surface area contributed by atoms with Gasteiger partial charge in [-0.2, -0.15) is 0 Å². The van der Waals surface area contributed by atoms with Crippen molar-refractivity contribution in [2.45, 2.75) is 13.8 Å². The molecule has 16 heavy (non-hydrogen) atoms. The number of nitrogens with zero attached hydrogens (tertiary/aromatic N) is 1. The second-order valence-electron chi connectivity index (χ2n) is 3.76. The van der Waals surface area contributed by atoms with Crippen LogP contribution in [0.1, 0.15) is 11.4 Å². The smallest absolute Gasteiger partial charge is 0.211 e. The zero-order valence-electron chi connectivity index (χ0n) is 9.40. The zero-order chi connectivity index (χ0) is 11.5. The fourth-order valence-electron chi connectivity index (χ4n) is 1.88. The molecule has 0 saturated heterocycles. The predicted molar refractivity (Wildman–Crippen MR) is 64.9 cm³/mol. The van der Waals surface area contributed by atoms with Crippen molar-refractivity contribution >= 4 is 12.1 Å². The SMILES string of the molecule is Cc1ccc(C)n1-c1cccc(NC=O)c1. The highest BCUT2D eigenvalue weighted by atomic mass is 16.1. The Labute approximate surface area is 94.7 Å². The summed E-state index contributed by atoms with van der Waals surface area (Å²) in [6.45, 7) is 4.12. The van der Waals surface area contributed by atoms with E-state index in [2.05, 4.69) is 35.9 Å². The number of amides is 1. The van der Waals surface area contributed by atoms with Gasteiger partial charge >= 0.3 is 0 Å². The molecule has 3 heteroatoms. The van der Waals surface area contributed by atoms with E-state index < -0.39 is 0 Å². The third-order valence-corrected chi connectivity index (χ3v) is 2.60. The van der Waals surface area contributed by atoms with Gasteiger partial charge in [-0.05, 0) is 44.2 Å². The lowest BCUT2D eigenvalue weighted by molar-refractivity contribution is -0.105. The van der Waals surface area contributed by atoms with Gasteiger partial charge in [0.15, 0.2) is 0 Å². The minimum Gasteiger partial charge on any atom is -0.329 e. The Morgan fingerprint density at radius 3 is 2.44 bits per heavy atom. The number of carbonyl (C=O) groups is 1. The lowest BCUT2D eigenvalue weighted by Gasteiger charge is -2.10. The highest BCUT2D eigenvalue weighted by Crippen LogP contribution is 2.19. The largest absolute Gasteiger partial charge is 0.329 e. The van der Waals surface area contributed by atoms with Crippen LogP contribution in [0.4, 0.5) is 5.69 Å². The van der Waals surface area contributed by atoms with E-state index in [1.807, 2.05) is 24.3 Å². The topological polar surface area (TPSA) is 34.0 Å². The van der Waals surface area contributed by atoms with Crippen molar-refractivity contribution in [3.63, 3.8) is 0 Å². The van der Waals surface area contributed by atoms with Crippen LogP contribution in [0.15, 0.2) is 36.4 Å². The molecule has 1 aromatic carbocycles. The van der Waals surface area contributed by atoms with Crippen molar-refractivity contribution < 1.29 is 4.79 Å². The number of anilines is 1. The Balaban J connectivity index is 2.48. The number of rotatable bonds is 3. The van der Waals surface area contributed by atoms with Crippen LogP contribution < -0.4 is 5.32 Å². The molecule has 0 saturated carbocycles. The summed E-state index contributed by atoms with van der Waals surface area (Å²) < 4.78 is 2.15. The van der Waals surface area contributed by atoms with E-state index in [1.54, 1.807) is 0 Å². The average molecular weight is 214 g/mol. The molecule has 0 aliphatic rings. The van der Waals surface area contributed by atoms with Gasteiger partial charge in [0.25, 0.3) is 0 Å². The third kappa shape index (κ3) is 1.84. The first kappa shape index (κ1) is 10.5. The number of carbonyl (C=O) groups excluding carboxylic acids is 1. The first-order valence-electron chi connectivity index (χ1n) is 5.18. The number of aromatic nitrogens is 1. The maximum atomic E-state index is 10.4. The predicted octanol–water partition coefficient (Wildman–Crippen LogP) is 2.66. The Hall–Kier alpha value is -2.03. The highest BCUT2D eigenvalue weighted by Gasteiger charge is 2.03. The molecular weight excluding hydrogens is 200 g/mol. The summed E-state index contributed by atoms with van der Waals surface area (Å²) in [5.74, 6) is 0. The van der Waals surface area contributed by atoms with E-state index >= 15 is 0 Å². The molecule has 3 nitrogen and oxygen atoms in total. The molecule has 1 aromatic heterocycles. The zero-order valence-corrected chi connectivity index (χ0v) is 9.40. The minimum absolute atomic E-state index is 0.689. The van der Waals surface area contributed by atoms with Gasteiger partial charge in [0.05, 0.1) is 0 Å². The molecule has 0 aliphatic heterocycles. The standard InChI is InChI=1S/C13H14N2O/c1-10-6-7-11(2)15(10)13-5-3-4-12(8-13)14-9-16/h3-9H,1-2H3,(H,14,16). The monoisotopic (exact) mass is 214 g/mol. The molecule has 0 aliphatic carbocycles. The Morgan fingerprint density at radius 2 is 1.81 bits per heavy atom. The van der Waals surface area contributed by atoms with Crippen molar-refractivity contribution in [3.05, 3.63) is 47.8 Å². The van der Waals surface area contributed by atoms with Crippen LogP contribution in [0.2, 0.25) is 0 Å². The maximum absolute atomic E-state index is 10.4. The normalized spacial score (nSPS) is 10.1. The molecule has 0 spiro atoms. The van der Waals surface area contributed by atoms with Crippen LogP contribution in [0, 0.1) is 13.8 Å². The Kier molecular flexibility index (Phi) is 2.77. The summed E-state index contributed by atoms with van der Waals surface area (Å²) in [5, 5.41) is 2.65. The van der Waals surface area contributed by atoms with Gasteiger partial charge in [0.2, 0.25) is 6.41 Å². The van der Waals surface area contributed by atoms with Crippen LogP contribution in [0.3, 0.4) is 0 Å². The first-order chi connectivity index (χ1) is 7.72. The number of hydrogen-bond acceptors (Lipinski definition) is 1. The van der Waals surface area contributed by atoms with Gasteiger partial charge in [0, 0.05) is 22.8 Å². The van der Waals surface area contributed by atoms with Gasteiger partial charge in [-0.3, -0.25) is 4.79 Å². The van der Waals surface area contributed by atoms with Crippen molar-refractivity contribution in [1.82, 2.24) is 4.57 Å². The van der Waals surface area contributed by atoms with Gasteiger partial charge < -0.3 is 9.88 Å². The molecule has 1 heterocycles. The second-order valence-corrected chi connectivity index (χ2v) is 3.76. The van der Waals surface area contributed by atoms with E-state index in [4.69, 9.17) is 0 Å². The Morgan fingerprint density at radius 1 is 1.12 bits per heavy atom. The molecular formula is C13H14N2O. The number of nitrogens with one attached hydrogen (secondary N) is 1. The van der Waals surface area contributed by atoms with Gasteiger partial charge in [0.1, 0.15) is 0 Å². The van der Waals surface area contributed by atoms with Crippen LogP contribution in [-0.2, 0) is 4.79 Å². The molecule has 0 fully saturated rings. The molecule has 2 rings (SSSR count). The maximum Gasteiger partial charge on any atom is 0.211 e. The number of benzene rings is 1. The summed E-state index contributed by atoms with van der Waals surface area (Å²) in [6.07, 6.45) is 0.689. The van der Waals surface area contributed by atoms with Crippen LogP contribution in [0.5, 0.6) is 0 Å². The van der Waals surface area contributed by atoms with E-state index in [9.17, 15) is 4.79 Å². The molecule has 0 radical (unpaired) electrons. The minimum atomic E-state index is 0.689. The van der Waals surface area contributed by atoms with Crippen molar-refractivity contribution in [3.8, 4) is 5.69 Å². The highest BCUT2D eigenvalue weighted by molar-refractivity contribution is 5.72. The molecule has 0 bridgehead atoms. The van der Waals surface area contributed by atoms with E-state index in [1.165, 1.54) is 11.4 Å². The number of aryl methyl sites for hydroxylation is 2. The molecule has 1 N–H and O–H groups in total. The lowest BCUT2D eigenvalue weighted by Crippen LogP contribution is -2.00. The summed E-state index contributed by atoms with van der Waals surface area (Å²) in [4.78, 5) is 10.4. The molecule has 1 amide bonds. The fourth-order valence-corrected chi connectivity index (χ4v) is 1.88. The van der Waals surface area contributed by atoms with Gasteiger partial charge in [-0.25, -0.2) is 0 Å². The Bertz CT molecular complexity index is 495. The summed E-state index contributed by atoms with van der Waals surface area (Å²) >= 11 is 0.